The lowest BCUT2D eigenvalue weighted by Crippen LogP contribution is -2.14. The summed E-state index contributed by atoms with van der Waals surface area (Å²) in [5, 5.41) is 0. The molecule has 26 heavy (non-hydrogen) atoms. The Morgan fingerprint density at radius 2 is 1.85 bits per heavy atom. The number of aryl methyl sites for hydroxylation is 1. The Hall–Kier alpha value is -2.74. The number of anilines is 1. The first-order valence-electron chi connectivity index (χ1n) is 8.07. The quantitative estimate of drug-likeness (QED) is 0.758. The topological polar surface area (TPSA) is 64.0 Å². The molecule has 0 unspecified atom stereocenters. The van der Waals surface area contributed by atoms with Crippen LogP contribution < -0.4 is 4.72 Å². The maximum Gasteiger partial charge on any atom is 0.264 e. The summed E-state index contributed by atoms with van der Waals surface area (Å²) < 4.78 is 55.8. The fraction of sp³-hybridized carbons (Fsp3) is 0.167. The number of fused-ring (bicyclic) bond motifs is 1. The van der Waals surface area contributed by atoms with Gasteiger partial charge in [0.2, 0.25) is 0 Å². The largest absolute Gasteiger partial charge is 0.328 e. The first-order chi connectivity index (χ1) is 12.4. The number of benzene rings is 2. The summed E-state index contributed by atoms with van der Waals surface area (Å²) in [5.41, 5.74) is 2.19. The first-order valence-corrected chi connectivity index (χ1v) is 9.55. The van der Waals surface area contributed by atoms with Gasteiger partial charge in [0.25, 0.3) is 10.0 Å². The lowest BCUT2D eigenvalue weighted by Gasteiger charge is -2.10. The zero-order chi connectivity index (χ0) is 18.3. The number of hydrogen-bond donors (Lipinski definition) is 1. The van der Waals surface area contributed by atoms with Crippen molar-refractivity contribution in [3.63, 3.8) is 0 Å². The van der Waals surface area contributed by atoms with Crippen molar-refractivity contribution in [2.24, 2.45) is 0 Å². The Balaban J connectivity index is 1.59. The molecule has 1 aliphatic heterocycles. The number of aromatic nitrogens is 2. The second-order valence-electron chi connectivity index (χ2n) is 6.07. The van der Waals surface area contributed by atoms with Gasteiger partial charge in [0.15, 0.2) is 0 Å². The van der Waals surface area contributed by atoms with Gasteiger partial charge < -0.3 is 4.57 Å². The van der Waals surface area contributed by atoms with Gasteiger partial charge in [-0.2, -0.15) is 0 Å². The molecule has 4 rings (SSSR count). The van der Waals surface area contributed by atoms with Crippen LogP contribution in [0.5, 0.6) is 0 Å². The van der Waals surface area contributed by atoms with Gasteiger partial charge in [0.1, 0.15) is 22.4 Å². The monoisotopic (exact) mass is 375 g/mol. The van der Waals surface area contributed by atoms with Crippen LogP contribution in [0.15, 0.2) is 53.6 Å². The molecule has 0 radical (unpaired) electrons. The van der Waals surface area contributed by atoms with Gasteiger partial charge in [-0.05, 0) is 36.2 Å². The van der Waals surface area contributed by atoms with Gasteiger partial charge in [-0.3, -0.25) is 4.72 Å². The minimum Gasteiger partial charge on any atom is -0.328 e. The zero-order valence-corrected chi connectivity index (χ0v) is 14.4. The van der Waals surface area contributed by atoms with Crippen LogP contribution in [0.4, 0.5) is 14.5 Å². The van der Waals surface area contributed by atoms with Gasteiger partial charge in [-0.25, -0.2) is 22.2 Å². The van der Waals surface area contributed by atoms with Crippen LogP contribution in [-0.4, -0.2) is 18.0 Å². The van der Waals surface area contributed by atoms with Crippen molar-refractivity contribution in [3.05, 3.63) is 66.1 Å². The van der Waals surface area contributed by atoms with Crippen molar-refractivity contribution in [2.75, 3.05) is 4.72 Å². The van der Waals surface area contributed by atoms with Crippen LogP contribution in [0.3, 0.4) is 0 Å². The van der Waals surface area contributed by atoms with Gasteiger partial charge in [-0.15, -0.1) is 0 Å². The molecule has 0 atom stereocenters. The van der Waals surface area contributed by atoms with Crippen LogP contribution in [0.2, 0.25) is 0 Å². The Kier molecular flexibility index (Phi) is 3.99. The summed E-state index contributed by atoms with van der Waals surface area (Å²) in [6.45, 7) is 0.920. The van der Waals surface area contributed by atoms with E-state index in [9.17, 15) is 17.2 Å². The molecule has 1 aromatic heterocycles. The summed E-state index contributed by atoms with van der Waals surface area (Å²) in [6.07, 6.45) is 3.83. The number of nitrogens with one attached hydrogen (secondary N) is 1. The molecule has 3 aromatic rings. The van der Waals surface area contributed by atoms with Crippen LogP contribution in [-0.2, 0) is 23.0 Å². The maximum atomic E-state index is 13.8. The fourth-order valence-corrected chi connectivity index (χ4v) is 4.22. The van der Waals surface area contributed by atoms with E-state index in [1.807, 2.05) is 6.20 Å². The van der Waals surface area contributed by atoms with E-state index in [1.165, 1.54) is 0 Å². The van der Waals surface area contributed by atoms with Crippen molar-refractivity contribution >= 4 is 15.7 Å². The smallest absolute Gasteiger partial charge is 0.264 e. The van der Waals surface area contributed by atoms with Gasteiger partial charge in [0, 0.05) is 24.7 Å². The molecule has 0 aliphatic carbocycles. The molecule has 0 spiro atoms. The van der Waals surface area contributed by atoms with Crippen molar-refractivity contribution in [2.45, 2.75) is 24.3 Å². The van der Waals surface area contributed by atoms with E-state index >= 15 is 0 Å². The lowest BCUT2D eigenvalue weighted by atomic mass is 10.1. The molecule has 2 aromatic carbocycles. The zero-order valence-electron chi connectivity index (χ0n) is 13.6. The van der Waals surface area contributed by atoms with E-state index in [2.05, 4.69) is 14.3 Å². The highest BCUT2D eigenvalue weighted by Crippen LogP contribution is 2.27. The van der Waals surface area contributed by atoms with Crippen LogP contribution >= 0.6 is 0 Å². The molecule has 1 aliphatic rings. The fourth-order valence-electron chi connectivity index (χ4n) is 3.10. The number of nitrogens with zero attached hydrogens (tertiary/aromatic N) is 2. The molecule has 134 valence electrons. The van der Waals surface area contributed by atoms with E-state index < -0.39 is 26.6 Å². The molecule has 0 bridgehead atoms. The third-order valence-electron chi connectivity index (χ3n) is 4.34. The van der Waals surface area contributed by atoms with Crippen molar-refractivity contribution in [1.82, 2.24) is 9.55 Å². The summed E-state index contributed by atoms with van der Waals surface area (Å²) in [7, 11) is -4.15. The van der Waals surface area contributed by atoms with Crippen LogP contribution in [0, 0.1) is 11.6 Å². The van der Waals surface area contributed by atoms with Crippen LogP contribution in [0.1, 0.15) is 12.2 Å². The molecular weight excluding hydrogens is 360 g/mol. The lowest BCUT2D eigenvalue weighted by molar-refractivity contribution is 0.551. The minimum atomic E-state index is -4.15. The summed E-state index contributed by atoms with van der Waals surface area (Å²) in [4.78, 5) is 3.79. The number of imidazole rings is 1. The Labute approximate surface area is 149 Å². The Morgan fingerprint density at radius 3 is 2.58 bits per heavy atom. The summed E-state index contributed by atoms with van der Waals surface area (Å²) >= 11 is 0. The SMILES string of the molecule is O=S(=O)(Nc1ccc(-c2cnc3n2CCC3)cc1)c1ccc(F)cc1F. The number of hydrogen-bond acceptors (Lipinski definition) is 3. The molecule has 0 amide bonds. The average molecular weight is 375 g/mol. The molecule has 0 fully saturated rings. The molecule has 2 heterocycles. The minimum absolute atomic E-state index is 0.290. The molecule has 5 nitrogen and oxygen atoms in total. The van der Waals surface area contributed by atoms with E-state index in [1.54, 1.807) is 24.3 Å². The third-order valence-corrected chi connectivity index (χ3v) is 5.75. The third kappa shape index (κ3) is 2.96. The number of rotatable bonds is 4. The van der Waals surface area contributed by atoms with E-state index in [-0.39, 0.29) is 0 Å². The molecular formula is C18H15F2N3O2S. The molecule has 8 heteroatoms. The highest BCUT2D eigenvalue weighted by atomic mass is 32.2. The van der Waals surface area contributed by atoms with E-state index in [4.69, 9.17) is 0 Å². The van der Waals surface area contributed by atoms with E-state index in [0.717, 1.165) is 48.6 Å². The predicted octanol–water partition coefficient (Wildman–Crippen LogP) is 3.58. The number of sulfonamides is 1. The highest BCUT2D eigenvalue weighted by Gasteiger charge is 2.20. The van der Waals surface area contributed by atoms with Gasteiger partial charge >= 0.3 is 0 Å². The van der Waals surface area contributed by atoms with Crippen molar-refractivity contribution in [3.8, 4) is 11.3 Å². The van der Waals surface area contributed by atoms with Gasteiger partial charge in [0.05, 0.1) is 11.9 Å². The van der Waals surface area contributed by atoms with Gasteiger partial charge in [-0.1, -0.05) is 12.1 Å². The standard InChI is InChI=1S/C18H15F2N3O2S/c19-13-5-8-17(15(20)10-13)26(24,25)22-14-6-3-12(4-7-14)16-11-21-18-2-1-9-23(16)18/h3-8,10-11,22H,1-2,9H2. The van der Waals surface area contributed by atoms with E-state index in [0.29, 0.717) is 11.8 Å². The summed E-state index contributed by atoms with van der Waals surface area (Å²) in [5.74, 6) is -0.917. The Bertz CT molecular complexity index is 1080. The highest BCUT2D eigenvalue weighted by molar-refractivity contribution is 7.92. The second kappa shape index (κ2) is 6.21. The molecule has 1 N–H and O–H groups in total. The van der Waals surface area contributed by atoms with Crippen molar-refractivity contribution < 1.29 is 17.2 Å². The normalized spacial score (nSPS) is 13.6. The average Bonchev–Trinajstić information content (AvgIpc) is 3.18. The van der Waals surface area contributed by atoms with Crippen LogP contribution in [0.25, 0.3) is 11.3 Å². The summed E-state index contributed by atoms with van der Waals surface area (Å²) in [6, 6.07) is 9.10. The Morgan fingerprint density at radius 1 is 1.08 bits per heavy atom. The van der Waals surface area contributed by atoms with Crippen molar-refractivity contribution in [1.29, 1.82) is 0 Å². The first kappa shape index (κ1) is 16.7. The predicted molar refractivity (Wildman–Crippen MR) is 93.2 cm³/mol. The maximum absolute atomic E-state index is 13.8. The number of halogens is 2. The second-order valence-corrected chi connectivity index (χ2v) is 7.72. The molecule has 0 saturated carbocycles. The molecule has 0 saturated heterocycles.